The SMILES string of the molecule is Cn1cc(NS(=O)(=O)C(F)Cc2ncccn2)c2ccccc2c1=O. The van der Waals surface area contributed by atoms with Crippen molar-refractivity contribution in [2.75, 3.05) is 4.72 Å². The number of hydrogen-bond acceptors (Lipinski definition) is 5. The Morgan fingerprint density at radius 1 is 1.16 bits per heavy atom. The number of alkyl halides is 1. The second-order valence-corrected chi connectivity index (χ2v) is 7.24. The monoisotopic (exact) mass is 362 g/mol. The molecule has 0 amide bonds. The molecule has 9 heteroatoms. The predicted molar refractivity (Wildman–Crippen MR) is 92.4 cm³/mol. The molecule has 0 aliphatic carbocycles. The van der Waals surface area contributed by atoms with Gasteiger partial charge in [-0.05, 0) is 12.1 Å². The van der Waals surface area contributed by atoms with Crippen molar-refractivity contribution in [3.05, 3.63) is 65.1 Å². The molecular formula is C16H15FN4O3S. The van der Waals surface area contributed by atoms with E-state index in [1.54, 1.807) is 30.3 Å². The van der Waals surface area contributed by atoms with Crippen LogP contribution in [0.1, 0.15) is 5.82 Å². The van der Waals surface area contributed by atoms with Gasteiger partial charge in [-0.25, -0.2) is 22.8 Å². The molecule has 7 nitrogen and oxygen atoms in total. The lowest BCUT2D eigenvalue weighted by molar-refractivity contribution is 0.413. The van der Waals surface area contributed by atoms with E-state index in [4.69, 9.17) is 0 Å². The molecule has 0 saturated heterocycles. The maximum absolute atomic E-state index is 14.3. The molecule has 130 valence electrons. The maximum atomic E-state index is 14.3. The molecule has 0 fully saturated rings. The summed E-state index contributed by atoms with van der Waals surface area (Å²) in [5.74, 6) is 0.0886. The van der Waals surface area contributed by atoms with E-state index < -0.39 is 21.9 Å². The zero-order chi connectivity index (χ0) is 18.0. The third kappa shape index (κ3) is 3.50. The minimum Gasteiger partial charge on any atom is -0.316 e. The topological polar surface area (TPSA) is 93.9 Å². The minimum absolute atomic E-state index is 0.0886. The van der Waals surface area contributed by atoms with Gasteiger partial charge in [-0.1, -0.05) is 18.2 Å². The first-order valence-corrected chi connectivity index (χ1v) is 8.93. The van der Waals surface area contributed by atoms with Crippen molar-refractivity contribution in [3.63, 3.8) is 0 Å². The Hall–Kier alpha value is -2.81. The van der Waals surface area contributed by atoms with Crippen LogP contribution in [0.25, 0.3) is 10.8 Å². The lowest BCUT2D eigenvalue weighted by atomic mass is 10.1. The van der Waals surface area contributed by atoms with Gasteiger partial charge in [-0.2, -0.15) is 0 Å². The van der Waals surface area contributed by atoms with Crippen LogP contribution in [0.3, 0.4) is 0 Å². The quantitative estimate of drug-likeness (QED) is 0.744. The lowest BCUT2D eigenvalue weighted by Crippen LogP contribution is -2.28. The van der Waals surface area contributed by atoms with Crippen LogP contribution in [0, 0.1) is 0 Å². The van der Waals surface area contributed by atoms with Gasteiger partial charge in [0.25, 0.3) is 15.6 Å². The Bertz CT molecular complexity index is 1070. The fourth-order valence-corrected chi connectivity index (χ4v) is 3.37. The third-order valence-electron chi connectivity index (χ3n) is 3.64. The number of anilines is 1. The molecule has 1 unspecified atom stereocenters. The molecule has 0 aliphatic rings. The van der Waals surface area contributed by atoms with E-state index in [9.17, 15) is 17.6 Å². The number of fused-ring (bicyclic) bond motifs is 1. The van der Waals surface area contributed by atoms with Gasteiger partial charge in [0.2, 0.25) is 5.50 Å². The van der Waals surface area contributed by atoms with Crippen LogP contribution >= 0.6 is 0 Å². The molecule has 0 bridgehead atoms. The largest absolute Gasteiger partial charge is 0.316 e. The van der Waals surface area contributed by atoms with Crippen molar-refractivity contribution in [1.29, 1.82) is 0 Å². The molecular weight excluding hydrogens is 347 g/mol. The summed E-state index contributed by atoms with van der Waals surface area (Å²) in [5.41, 5.74) is -2.37. The number of pyridine rings is 1. The highest BCUT2D eigenvalue weighted by atomic mass is 32.2. The second-order valence-electron chi connectivity index (χ2n) is 5.43. The van der Waals surface area contributed by atoms with Crippen LogP contribution in [-0.2, 0) is 23.5 Å². The van der Waals surface area contributed by atoms with E-state index in [1.807, 2.05) is 0 Å². The van der Waals surface area contributed by atoms with E-state index in [0.717, 1.165) is 0 Å². The van der Waals surface area contributed by atoms with Crippen LogP contribution in [0.4, 0.5) is 10.1 Å². The number of halogens is 1. The van der Waals surface area contributed by atoms with Crippen molar-refractivity contribution >= 4 is 26.5 Å². The summed E-state index contributed by atoms with van der Waals surface area (Å²) in [4.78, 5) is 19.8. The molecule has 2 aromatic heterocycles. The molecule has 1 atom stereocenters. The average molecular weight is 362 g/mol. The van der Waals surface area contributed by atoms with Crippen molar-refractivity contribution in [2.45, 2.75) is 11.9 Å². The standard InChI is InChI=1S/C16H15FN4O3S/c1-21-10-13(11-5-2-3-6-12(11)16(21)22)20-25(23,24)14(17)9-15-18-7-4-8-19-15/h2-8,10,14,20H,9H2,1H3. The van der Waals surface area contributed by atoms with E-state index in [1.165, 1.54) is 30.2 Å². The number of nitrogens with zero attached hydrogens (tertiary/aromatic N) is 3. The zero-order valence-corrected chi connectivity index (χ0v) is 14.1. The Morgan fingerprint density at radius 3 is 2.48 bits per heavy atom. The van der Waals surface area contributed by atoms with Crippen LogP contribution in [-0.4, -0.2) is 28.5 Å². The number of benzene rings is 1. The van der Waals surface area contributed by atoms with Gasteiger partial charge in [-0.15, -0.1) is 0 Å². The van der Waals surface area contributed by atoms with E-state index >= 15 is 0 Å². The molecule has 25 heavy (non-hydrogen) atoms. The predicted octanol–water partition coefficient (Wildman–Crippen LogP) is 1.61. The molecule has 1 aromatic carbocycles. The fourth-order valence-electron chi connectivity index (χ4n) is 2.40. The van der Waals surface area contributed by atoms with Crippen molar-refractivity contribution in [2.24, 2.45) is 7.05 Å². The molecule has 0 aliphatic heterocycles. The minimum atomic E-state index is -4.34. The molecule has 2 heterocycles. The summed E-state index contributed by atoms with van der Waals surface area (Å²) < 4.78 is 42.4. The normalized spacial score (nSPS) is 12.9. The summed E-state index contributed by atoms with van der Waals surface area (Å²) in [6.45, 7) is 0. The highest BCUT2D eigenvalue weighted by Gasteiger charge is 2.27. The molecule has 1 N–H and O–H groups in total. The second kappa shape index (κ2) is 6.60. The number of hydrogen-bond donors (Lipinski definition) is 1. The average Bonchev–Trinajstić information content (AvgIpc) is 2.60. The number of aromatic nitrogens is 3. The number of rotatable bonds is 5. The first-order chi connectivity index (χ1) is 11.9. The first-order valence-electron chi connectivity index (χ1n) is 7.38. The van der Waals surface area contributed by atoms with Gasteiger partial charge in [0.15, 0.2) is 0 Å². The molecule has 0 saturated carbocycles. The summed E-state index contributed by atoms with van der Waals surface area (Å²) in [6.07, 6.45) is 3.68. The number of nitrogens with one attached hydrogen (secondary N) is 1. The lowest BCUT2D eigenvalue weighted by Gasteiger charge is -2.14. The summed E-state index contributed by atoms with van der Waals surface area (Å²) in [5, 5.41) is 0.740. The van der Waals surface area contributed by atoms with Gasteiger partial charge in [0.1, 0.15) is 5.82 Å². The van der Waals surface area contributed by atoms with Gasteiger partial charge < -0.3 is 4.57 Å². The summed E-state index contributed by atoms with van der Waals surface area (Å²) in [6, 6.07) is 8.08. The molecule has 3 rings (SSSR count). The van der Waals surface area contributed by atoms with Crippen LogP contribution < -0.4 is 10.3 Å². The Morgan fingerprint density at radius 2 is 1.80 bits per heavy atom. The third-order valence-corrected chi connectivity index (χ3v) is 4.99. The summed E-state index contributed by atoms with van der Waals surface area (Å²) >= 11 is 0. The van der Waals surface area contributed by atoms with Gasteiger partial charge >= 0.3 is 0 Å². The van der Waals surface area contributed by atoms with Crippen LogP contribution in [0.2, 0.25) is 0 Å². The van der Waals surface area contributed by atoms with Crippen LogP contribution in [0.15, 0.2) is 53.7 Å². The van der Waals surface area contributed by atoms with Gasteiger partial charge in [0, 0.05) is 36.4 Å². The van der Waals surface area contributed by atoms with Gasteiger partial charge in [0.05, 0.1) is 12.1 Å². The smallest absolute Gasteiger partial charge is 0.265 e. The fraction of sp³-hybridized carbons (Fsp3) is 0.188. The van der Waals surface area contributed by atoms with Crippen molar-refractivity contribution in [1.82, 2.24) is 14.5 Å². The van der Waals surface area contributed by atoms with Crippen molar-refractivity contribution in [3.8, 4) is 0 Å². The highest BCUT2D eigenvalue weighted by Crippen LogP contribution is 2.23. The summed E-state index contributed by atoms with van der Waals surface area (Å²) in [7, 11) is -2.85. The molecule has 0 spiro atoms. The van der Waals surface area contributed by atoms with E-state index in [-0.39, 0.29) is 17.1 Å². The number of aryl methyl sites for hydroxylation is 1. The van der Waals surface area contributed by atoms with E-state index in [2.05, 4.69) is 14.7 Å². The first kappa shape index (κ1) is 17.0. The van der Waals surface area contributed by atoms with Crippen LogP contribution in [0.5, 0.6) is 0 Å². The molecule has 3 aromatic rings. The van der Waals surface area contributed by atoms with E-state index in [0.29, 0.717) is 10.8 Å². The Kier molecular flexibility index (Phi) is 4.49. The van der Waals surface area contributed by atoms with Crippen molar-refractivity contribution < 1.29 is 12.8 Å². The highest BCUT2D eigenvalue weighted by molar-refractivity contribution is 7.93. The molecule has 0 radical (unpaired) electrons. The number of sulfonamides is 1. The Labute approximate surface area is 143 Å². The van der Waals surface area contributed by atoms with Gasteiger partial charge in [-0.3, -0.25) is 9.52 Å². The zero-order valence-electron chi connectivity index (χ0n) is 13.3. The maximum Gasteiger partial charge on any atom is 0.265 e. The Balaban J connectivity index is 1.95.